The normalized spacial score (nSPS) is 20.6. The van der Waals surface area contributed by atoms with Crippen LogP contribution < -0.4 is 15.2 Å². The average Bonchev–Trinajstić information content (AvgIpc) is 2.87. The molecule has 2 atom stereocenters. The summed E-state index contributed by atoms with van der Waals surface area (Å²) in [6.07, 6.45) is 6.00. The van der Waals surface area contributed by atoms with Gasteiger partial charge in [-0.15, -0.1) is 0 Å². The number of benzene rings is 2. The highest BCUT2D eigenvalue weighted by Crippen LogP contribution is 2.38. The summed E-state index contributed by atoms with van der Waals surface area (Å²) in [6, 6.07) is 16.0. The highest BCUT2D eigenvalue weighted by atomic mass is 35.5. The molecule has 0 radical (unpaired) electrons. The van der Waals surface area contributed by atoms with E-state index in [1.807, 2.05) is 60.5 Å². The number of aromatic hydroxyl groups is 1. The molecule has 0 aliphatic carbocycles. The molecule has 8 heteroatoms. The first-order valence-corrected chi connectivity index (χ1v) is 11.5. The van der Waals surface area contributed by atoms with Crippen LogP contribution in [0.3, 0.4) is 0 Å². The Bertz CT molecular complexity index is 1320. The molecule has 3 heterocycles. The lowest BCUT2D eigenvalue weighted by molar-refractivity contribution is 0.0626. The van der Waals surface area contributed by atoms with Crippen LogP contribution >= 0.6 is 11.6 Å². The lowest BCUT2D eigenvalue weighted by Crippen LogP contribution is -2.57. The van der Waals surface area contributed by atoms with E-state index in [2.05, 4.69) is 0 Å². The second-order valence-corrected chi connectivity index (χ2v) is 8.72. The van der Waals surface area contributed by atoms with Gasteiger partial charge in [0.15, 0.2) is 11.4 Å². The molecular formula is C26H24ClN3O4. The van der Waals surface area contributed by atoms with Crippen LogP contribution in [0.5, 0.6) is 11.5 Å². The maximum atomic E-state index is 13.5. The molecule has 0 saturated heterocycles. The van der Waals surface area contributed by atoms with E-state index in [1.165, 1.54) is 12.3 Å². The van der Waals surface area contributed by atoms with Gasteiger partial charge in [0.25, 0.3) is 5.91 Å². The Hall–Kier alpha value is -3.71. The van der Waals surface area contributed by atoms with Gasteiger partial charge in [-0.3, -0.25) is 19.3 Å². The number of hydrogen-bond donors (Lipinski definition) is 1. The van der Waals surface area contributed by atoms with Crippen molar-refractivity contribution in [1.82, 2.24) is 9.58 Å². The standard InChI is InChI=1S/C26H24ClN3O4/c1-2-19-9-6-14-34-22-15-18(27)10-11-20(22)23(17-7-4-3-5-8-17)30-16-28(19)26(33)24-25(32)21(31)12-13-29(24)30/h3-13,15,19,23,32H,2,14,16H2,1H3/b9-6+/t19-,23-/m1/s1. The third kappa shape index (κ3) is 3.72. The maximum absolute atomic E-state index is 13.5. The van der Waals surface area contributed by atoms with Gasteiger partial charge in [-0.05, 0) is 30.2 Å². The first-order valence-electron chi connectivity index (χ1n) is 11.2. The molecule has 5 rings (SSSR count). The van der Waals surface area contributed by atoms with Crippen LogP contribution in [-0.2, 0) is 0 Å². The molecule has 1 amide bonds. The fourth-order valence-electron chi connectivity index (χ4n) is 4.63. The molecule has 34 heavy (non-hydrogen) atoms. The van der Waals surface area contributed by atoms with Gasteiger partial charge in [0.05, 0.1) is 6.04 Å². The predicted molar refractivity (Wildman–Crippen MR) is 130 cm³/mol. The average molecular weight is 478 g/mol. The van der Waals surface area contributed by atoms with E-state index in [0.717, 1.165) is 11.1 Å². The number of fused-ring (bicyclic) bond motifs is 5. The zero-order valence-corrected chi connectivity index (χ0v) is 19.4. The number of rotatable bonds is 2. The molecular weight excluding hydrogens is 454 g/mol. The SMILES string of the molecule is CC[C@@H]1/C=C/COc2cc(Cl)ccc2[C@@H](c2ccccc2)N2CN1C(=O)c1c(O)c(=O)ccn12. The largest absolute Gasteiger partial charge is 0.502 e. The minimum absolute atomic E-state index is 0.0535. The second-order valence-electron chi connectivity index (χ2n) is 8.29. The van der Waals surface area contributed by atoms with Gasteiger partial charge in [-0.25, -0.2) is 0 Å². The number of amides is 1. The van der Waals surface area contributed by atoms with Crippen molar-refractivity contribution >= 4 is 17.5 Å². The Morgan fingerprint density at radius 1 is 1.12 bits per heavy atom. The fraction of sp³-hybridized carbons (Fsp3) is 0.231. The molecule has 1 N–H and O–H groups in total. The molecule has 174 valence electrons. The number of pyridine rings is 1. The Kier molecular flexibility index (Phi) is 5.79. The number of nitrogens with zero attached hydrogens (tertiary/aromatic N) is 3. The van der Waals surface area contributed by atoms with E-state index < -0.39 is 23.1 Å². The van der Waals surface area contributed by atoms with Gasteiger partial charge in [0.2, 0.25) is 5.43 Å². The highest BCUT2D eigenvalue weighted by molar-refractivity contribution is 6.30. The maximum Gasteiger partial charge on any atom is 0.278 e. The number of hydrogen-bond acceptors (Lipinski definition) is 5. The van der Waals surface area contributed by atoms with Crippen LogP contribution in [0.4, 0.5) is 0 Å². The molecule has 2 bridgehead atoms. The quantitative estimate of drug-likeness (QED) is 0.563. The van der Waals surface area contributed by atoms with Crippen molar-refractivity contribution in [1.29, 1.82) is 0 Å². The van der Waals surface area contributed by atoms with Gasteiger partial charge in [0.1, 0.15) is 25.1 Å². The number of carbonyl (C=O) groups excluding carboxylic acids is 1. The summed E-state index contributed by atoms with van der Waals surface area (Å²) in [7, 11) is 0. The molecule has 7 nitrogen and oxygen atoms in total. The molecule has 1 aromatic heterocycles. The van der Waals surface area contributed by atoms with E-state index in [1.54, 1.807) is 21.7 Å². The van der Waals surface area contributed by atoms with Gasteiger partial charge >= 0.3 is 0 Å². The van der Waals surface area contributed by atoms with Gasteiger partial charge in [-0.2, -0.15) is 0 Å². The minimum Gasteiger partial charge on any atom is -0.502 e. The zero-order valence-electron chi connectivity index (χ0n) is 18.6. The van der Waals surface area contributed by atoms with E-state index in [4.69, 9.17) is 16.3 Å². The van der Waals surface area contributed by atoms with Crippen molar-refractivity contribution < 1.29 is 14.6 Å². The van der Waals surface area contributed by atoms with Crippen LogP contribution in [0.25, 0.3) is 0 Å². The predicted octanol–water partition coefficient (Wildman–Crippen LogP) is 4.08. The molecule has 0 saturated carbocycles. The Balaban J connectivity index is 1.82. The van der Waals surface area contributed by atoms with Crippen LogP contribution in [0.2, 0.25) is 5.02 Å². The first kappa shape index (κ1) is 22.1. The summed E-state index contributed by atoms with van der Waals surface area (Å²) >= 11 is 6.32. The highest BCUT2D eigenvalue weighted by Gasteiger charge is 2.39. The number of halogens is 1. The van der Waals surface area contributed by atoms with E-state index in [9.17, 15) is 14.7 Å². The van der Waals surface area contributed by atoms with Crippen LogP contribution in [0, 0.1) is 0 Å². The molecule has 0 spiro atoms. The van der Waals surface area contributed by atoms with Crippen LogP contribution in [0.1, 0.15) is 41.0 Å². The monoisotopic (exact) mass is 477 g/mol. The molecule has 3 aromatic rings. The number of carbonyl (C=O) groups is 1. The van der Waals surface area contributed by atoms with Gasteiger partial charge in [0, 0.05) is 22.8 Å². The van der Waals surface area contributed by atoms with Crippen LogP contribution in [-0.4, -0.2) is 39.9 Å². The molecule has 2 aliphatic heterocycles. The van der Waals surface area contributed by atoms with E-state index in [0.29, 0.717) is 23.8 Å². The van der Waals surface area contributed by atoms with Crippen molar-refractivity contribution in [2.75, 3.05) is 18.3 Å². The van der Waals surface area contributed by atoms with Gasteiger partial charge in [-0.1, -0.05) is 61.0 Å². The number of aromatic nitrogens is 1. The third-order valence-electron chi connectivity index (χ3n) is 6.29. The Morgan fingerprint density at radius 2 is 1.91 bits per heavy atom. The van der Waals surface area contributed by atoms with E-state index in [-0.39, 0.29) is 18.4 Å². The second kappa shape index (κ2) is 8.91. The number of ether oxygens (including phenoxy) is 1. The van der Waals surface area contributed by atoms with E-state index >= 15 is 0 Å². The first-order chi connectivity index (χ1) is 16.5. The van der Waals surface area contributed by atoms with Crippen molar-refractivity contribution in [3.63, 3.8) is 0 Å². The summed E-state index contributed by atoms with van der Waals surface area (Å²) < 4.78 is 7.72. The Morgan fingerprint density at radius 3 is 2.68 bits per heavy atom. The molecule has 0 unspecified atom stereocenters. The molecule has 2 aromatic carbocycles. The summed E-state index contributed by atoms with van der Waals surface area (Å²) in [6.45, 7) is 2.53. The summed E-state index contributed by atoms with van der Waals surface area (Å²) in [5.41, 5.74) is 1.15. The smallest absolute Gasteiger partial charge is 0.278 e. The van der Waals surface area contributed by atoms with Crippen molar-refractivity contribution in [2.24, 2.45) is 0 Å². The summed E-state index contributed by atoms with van der Waals surface area (Å²) in [4.78, 5) is 27.6. The lowest BCUT2D eigenvalue weighted by Gasteiger charge is -2.45. The third-order valence-corrected chi connectivity index (χ3v) is 6.52. The fourth-order valence-corrected chi connectivity index (χ4v) is 4.80. The topological polar surface area (TPSA) is 75.0 Å². The summed E-state index contributed by atoms with van der Waals surface area (Å²) in [5, 5.41) is 13.2. The zero-order chi connectivity index (χ0) is 23.8. The van der Waals surface area contributed by atoms with Crippen LogP contribution in [0.15, 0.2) is 77.7 Å². The van der Waals surface area contributed by atoms with Crippen molar-refractivity contribution in [3.8, 4) is 11.5 Å². The van der Waals surface area contributed by atoms with Crippen molar-refractivity contribution in [3.05, 3.63) is 105 Å². The molecule has 2 aliphatic rings. The van der Waals surface area contributed by atoms with Crippen molar-refractivity contribution in [2.45, 2.75) is 25.4 Å². The van der Waals surface area contributed by atoms with Gasteiger partial charge < -0.3 is 14.7 Å². The minimum atomic E-state index is -0.596. The molecule has 0 fully saturated rings. The lowest BCUT2D eigenvalue weighted by atomic mass is 9.97. The summed E-state index contributed by atoms with van der Waals surface area (Å²) in [5.74, 6) is -0.335. The Labute approximate surface area is 202 Å².